The monoisotopic (exact) mass is 334 g/mol. The molecule has 0 heterocycles. The van der Waals surface area contributed by atoms with Crippen molar-refractivity contribution in [1.29, 1.82) is 0 Å². The Kier molecular flexibility index (Phi) is 3.51. The van der Waals surface area contributed by atoms with Gasteiger partial charge in [-0.05, 0) is 93.8 Å². The molecule has 24 heavy (non-hydrogen) atoms. The molecule has 1 spiro atoms. The molecule has 1 N–H and O–H groups in total. The molecule has 4 saturated carbocycles. The van der Waals surface area contributed by atoms with Crippen molar-refractivity contribution in [2.45, 2.75) is 84.2 Å². The maximum absolute atomic E-state index is 12.1. The van der Waals surface area contributed by atoms with E-state index in [2.05, 4.69) is 13.8 Å². The lowest BCUT2D eigenvalue weighted by Crippen LogP contribution is -2.58. The molecule has 4 fully saturated rings. The van der Waals surface area contributed by atoms with E-state index >= 15 is 0 Å². The first-order chi connectivity index (χ1) is 11.2. The van der Waals surface area contributed by atoms with Gasteiger partial charge in [0.15, 0.2) is 0 Å². The smallest absolute Gasteiger partial charge is 0.309 e. The minimum atomic E-state index is -0.559. The summed E-state index contributed by atoms with van der Waals surface area (Å²) in [7, 11) is 1.89. The van der Waals surface area contributed by atoms with Crippen LogP contribution in [-0.2, 0) is 9.53 Å². The molecule has 3 heteroatoms. The van der Waals surface area contributed by atoms with E-state index in [9.17, 15) is 9.90 Å². The van der Waals surface area contributed by atoms with Crippen LogP contribution in [0, 0.1) is 34.0 Å². The zero-order valence-corrected chi connectivity index (χ0v) is 15.9. The van der Waals surface area contributed by atoms with Gasteiger partial charge in [0.25, 0.3) is 0 Å². The van der Waals surface area contributed by atoms with Gasteiger partial charge >= 0.3 is 5.97 Å². The van der Waals surface area contributed by atoms with Crippen LogP contribution in [0.5, 0.6) is 0 Å². The van der Waals surface area contributed by atoms with Gasteiger partial charge in [-0.3, -0.25) is 4.79 Å². The lowest BCUT2D eigenvalue weighted by Gasteiger charge is -2.63. The van der Waals surface area contributed by atoms with Crippen molar-refractivity contribution in [2.24, 2.45) is 34.0 Å². The van der Waals surface area contributed by atoms with Gasteiger partial charge in [0.05, 0.1) is 11.0 Å². The van der Waals surface area contributed by atoms with Crippen molar-refractivity contribution >= 4 is 5.97 Å². The number of aliphatic carboxylic acids is 1. The highest BCUT2D eigenvalue weighted by Crippen LogP contribution is 2.73. The summed E-state index contributed by atoms with van der Waals surface area (Å²) in [4.78, 5) is 12.1. The summed E-state index contributed by atoms with van der Waals surface area (Å²) < 4.78 is 6.01. The fraction of sp³-hybridized carbons (Fsp3) is 0.952. The van der Waals surface area contributed by atoms with Gasteiger partial charge in [-0.15, -0.1) is 0 Å². The number of ether oxygens (including phenoxy) is 1. The first kappa shape index (κ1) is 16.9. The lowest BCUT2D eigenvalue weighted by molar-refractivity contribution is -0.181. The summed E-state index contributed by atoms with van der Waals surface area (Å²) in [6, 6.07) is 0. The second-order valence-corrected chi connectivity index (χ2v) is 10.3. The molecule has 0 aromatic rings. The number of carboxylic acids is 1. The van der Waals surface area contributed by atoms with Crippen LogP contribution in [0.3, 0.4) is 0 Å². The predicted octanol–water partition coefficient (Wildman–Crippen LogP) is 4.89. The molecule has 136 valence electrons. The van der Waals surface area contributed by atoms with Crippen LogP contribution in [0.15, 0.2) is 0 Å². The zero-order chi connectivity index (χ0) is 17.4. The van der Waals surface area contributed by atoms with Gasteiger partial charge in [0.1, 0.15) is 0 Å². The molecular weight excluding hydrogens is 300 g/mol. The highest BCUT2D eigenvalue weighted by molar-refractivity contribution is 5.75. The Morgan fingerprint density at radius 2 is 1.79 bits per heavy atom. The number of hydrogen-bond donors (Lipinski definition) is 1. The first-order valence-corrected chi connectivity index (χ1v) is 9.99. The average Bonchev–Trinajstić information content (AvgIpc) is 2.73. The molecular formula is C21H34O3. The van der Waals surface area contributed by atoms with Crippen LogP contribution in [0.1, 0.15) is 78.6 Å². The molecule has 7 atom stereocenters. The van der Waals surface area contributed by atoms with Gasteiger partial charge in [-0.2, -0.15) is 0 Å². The molecule has 0 aliphatic heterocycles. The summed E-state index contributed by atoms with van der Waals surface area (Å²) in [5.74, 6) is 1.18. The maximum Gasteiger partial charge on any atom is 0.309 e. The zero-order valence-electron chi connectivity index (χ0n) is 15.9. The van der Waals surface area contributed by atoms with Gasteiger partial charge in [0.2, 0.25) is 0 Å². The van der Waals surface area contributed by atoms with Crippen LogP contribution in [0.25, 0.3) is 0 Å². The molecule has 3 nitrogen and oxygen atoms in total. The van der Waals surface area contributed by atoms with E-state index in [1.165, 1.54) is 38.5 Å². The Hall–Kier alpha value is -0.570. The van der Waals surface area contributed by atoms with Crippen molar-refractivity contribution in [3.63, 3.8) is 0 Å². The molecule has 0 radical (unpaired) electrons. The Labute approximate surface area is 146 Å². The molecule has 4 aliphatic carbocycles. The Morgan fingerprint density at radius 3 is 2.46 bits per heavy atom. The van der Waals surface area contributed by atoms with E-state index in [0.29, 0.717) is 23.2 Å². The minimum absolute atomic E-state index is 0.0444. The molecule has 4 rings (SSSR count). The van der Waals surface area contributed by atoms with E-state index in [4.69, 9.17) is 4.74 Å². The van der Waals surface area contributed by atoms with Crippen molar-refractivity contribution in [1.82, 2.24) is 0 Å². The van der Waals surface area contributed by atoms with Gasteiger partial charge in [-0.25, -0.2) is 0 Å². The number of rotatable bonds is 2. The summed E-state index contributed by atoms with van der Waals surface area (Å²) in [5.41, 5.74) is 0.140. The van der Waals surface area contributed by atoms with Crippen LogP contribution in [-0.4, -0.2) is 23.8 Å². The lowest BCUT2D eigenvalue weighted by atomic mass is 9.41. The number of hydrogen-bond acceptors (Lipinski definition) is 2. The Bertz CT molecular complexity index is 559. The highest BCUT2D eigenvalue weighted by Gasteiger charge is 2.67. The Morgan fingerprint density at radius 1 is 1.04 bits per heavy atom. The van der Waals surface area contributed by atoms with E-state index < -0.39 is 11.4 Å². The molecule has 4 aliphatic rings. The van der Waals surface area contributed by atoms with Gasteiger partial charge in [-0.1, -0.05) is 13.3 Å². The number of fused-ring (bicyclic) bond motifs is 3. The molecule has 0 saturated heterocycles. The van der Waals surface area contributed by atoms with Crippen molar-refractivity contribution in [3.8, 4) is 0 Å². The fourth-order valence-corrected chi connectivity index (χ4v) is 8.27. The fourth-order valence-electron chi connectivity index (χ4n) is 8.27. The van der Waals surface area contributed by atoms with Gasteiger partial charge in [0, 0.05) is 7.11 Å². The van der Waals surface area contributed by atoms with Crippen LogP contribution >= 0.6 is 0 Å². The molecule has 2 bridgehead atoms. The third kappa shape index (κ3) is 1.91. The second kappa shape index (κ2) is 4.99. The molecule has 0 unspecified atom stereocenters. The number of carbonyl (C=O) groups is 1. The van der Waals surface area contributed by atoms with E-state index in [-0.39, 0.29) is 11.0 Å². The quantitative estimate of drug-likeness (QED) is 0.782. The van der Waals surface area contributed by atoms with Crippen LogP contribution < -0.4 is 0 Å². The minimum Gasteiger partial charge on any atom is -0.481 e. The van der Waals surface area contributed by atoms with Gasteiger partial charge < -0.3 is 9.84 Å². The topological polar surface area (TPSA) is 46.5 Å². The third-order valence-electron chi connectivity index (χ3n) is 9.42. The molecule has 0 amide bonds. The number of methoxy groups -OCH3 is 1. The normalized spacial score (nSPS) is 56.4. The Balaban J connectivity index is 1.73. The first-order valence-electron chi connectivity index (χ1n) is 9.99. The standard InChI is InChI=1S/C21H34O3/c1-18-9-5-10-19(2,17(22)23)15(18)8-11-21-12-14(6-7-16(18)21)20(3,13-21)24-4/h14-16H,5-13H2,1-4H3,(H,22,23)/t14-,15+,16+,18-,19+,20-,21+/m0/s1. The largest absolute Gasteiger partial charge is 0.481 e. The predicted molar refractivity (Wildman–Crippen MR) is 93.7 cm³/mol. The van der Waals surface area contributed by atoms with Crippen LogP contribution in [0.4, 0.5) is 0 Å². The van der Waals surface area contributed by atoms with E-state index in [1.54, 1.807) is 0 Å². The van der Waals surface area contributed by atoms with E-state index in [1.807, 2.05) is 14.0 Å². The second-order valence-electron chi connectivity index (χ2n) is 10.3. The van der Waals surface area contributed by atoms with Crippen molar-refractivity contribution < 1.29 is 14.6 Å². The third-order valence-corrected chi connectivity index (χ3v) is 9.42. The van der Waals surface area contributed by atoms with Crippen molar-refractivity contribution in [3.05, 3.63) is 0 Å². The SMILES string of the molecule is CO[C@@]1(C)C[C@]23CC[C@@H]4[C@](C)(CCC[C@@]4(C)C(=O)O)[C@H]2CC[C@H]1C3. The summed E-state index contributed by atoms with van der Waals surface area (Å²) in [6.45, 7) is 6.81. The van der Waals surface area contributed by atoms with E-state index in [0.717, 1.165) is 19.3 Å². The highest BCUT2D eigenvalue weighted by atomic mass is 16.5. The maximum atomic E-state index is 12.1. The molecule has 0 aromatic heterocycles. The summed E-state index contributed by atoms with van der Waals surface area (Å²) in [6.07, 6.45) is 10.5. The summed E-state index contributed by atoms with van der Waals surface area (Å²) in [5, 5.41) is 9.98. The molecule has 0 aromatic carbocycles. The number of carboxylic acid groups (broad SMARTS) is 1. The van der Waals surface area contributed by atoms with Crippen LogP contribution in [0.2, 0.25) is 0 Å². The van der Waals surface area contributed by atoms with Crippen molar-refractivity contribution in [2.75, 3.05) is 7.11 Å². The average molecular weight is 335 g/mol. The summed E-state index contributed by atoms with van der Waals surface area (Å²) >= 11 is 0.